The van der Waals surface area contributed by atoms with E-state index < -0.39 is 0 Å². The van der Waals surface area contributed by atoms with Gasteiger partial charge in [-0.1, -0.05) is 31.5 Å². The summed E-state index contributed by atoms with van der Waals surface area (Å²) in [5.41, 5.74) is 7.46. The molecular weight excluding hydrogens is 462 g/mol. The molecule has 3 aromatic rings. The number of thioether (sulfide) groups is 1. The van der Waals surface area contributed by atoms with Gasteiger partial charge in [0.25, 0.3) is 11.5 Å². The second kappa shape index (κ2) is 11.5. The van der Waals surface area contributed by atoms with Gasteiger partial charge in [0.05, 0.1) is 10.9 Å². The molecule has 3 heterocycles. The fraction of sp³-hybridized carbons (Fsp3) is 0.423. The number of nitrogens with two attached hydrogens (primary N) is 1. The van der Waals surface area contributed by atoms with Gasteiger partial charge in [-0.25, -0.2) is 4.98 Å². The van der Waals surface area contributed by atoms with Gasteiger partial charge >= 0.3 is 0 Å². The standard InChI is InChI=1S/C26H31N5O3S/c1-2-3-4-13-31-25(34)21-6-5-20(24(33)30-14-9-19(10-15-30)23(27)32)16-22(21)29-26(31)35-17-18-7-11-28-12-8-18/h5-8,11-12,16,19H,2-4,9-10,13-15,17H2,1H3,(H2,27,32). The topological polar surface area (TPSA) is 111 Å². The van der Waals surface area contributed by atoms with Crippen molar-refractivity contribution in [2.24, 2.45) is 11.7 Å². The summed E-state index contributed by atoms with van der Waals surface area (Å²) in [6.45, 7) is 3.73. The lowest BCUT2D eigenvalue weighted by molar-refractivity contribution is -0.123. The van der Waals surface area contributed by atoms with Gasteiger partial charge in [-0.3, -0.25) is 23.9 Å². The predicted molar refractivity (Wildman–Crippen MR) is 137 cm³/mol. The highest BCUT2D eigenvalue weighted by Gasteiger charge is 2.26. The summed E-state index contributed by atoms with van der Waals surface area (Å²) in [7, 11) is 0. The van der Waals surface area contributed by atoms with Gasteiger partial charge < -0.3 is 10.6 Å². The lowest BCUT2D eigenvalue weighted by atomic mass is 9.96. The number of rotatable bonds is 9. The van der Waals surface area contributed by atoms with Crippen LogP contribution in [-0.2, 0) is 17.1 Å². The molecule has 0 saturated carbocycles. The van der Waals surface area contributed by atoms with Crippen molar-refractivity contribution in [1.29, 1.82) is 0 Å². The number of primary amides is 1. The molecule has 1 aromatic carbocycles. The minimum absolute atomic E-state index is 0.0791. The zero-order valence-electron chi connectivity index (χ0n) is 20.0. The molecule has 4 rings (SSSR count). The smallest absolute Gasteiger partial charge is 0.262 e. The first-order valence-electron chi connectivity index (χ1n) is 12.1. The highest BCUT2D eigenvalue weighted by molar-refractivity contribution is 7.98. The number of fused-ring (bicyclic) bond motifs is 1. The summed E-state index contributed by atoms with van der Waals surface area (Å²) in [5.74, 6) is 0.0685. The van der Waals surface area contributed by atoms with Gasteiger partial charge in [0, 0.05) is 49.3 Å². The predicted octanol–water partition coefficient (Wildman–Crippen LogP) is 3.61. The first kappa shape index (κ1) is 24.9. The number of aromatic nitrogens is 3. The molecule has 1 aliphatic rings. The molecule has 0 unspecified atom stereocenters. The number of carbonyl (C=O) groups is 2. The van der Waals surface area contributed by atoms with Crippen LogP contribution in [0.3, 0.4) is 0 Å². The van der Waals surface area contributed by atoms with Crippen LogP contribution in [0.2, 0.25) is 0 Å². The monoisotopic (exact) mass is 493 g/mol. The molecular formula is C26H31N5O3S. The third kappa shape index (κ3) is 5.90. The van der Waals surface area contributed by atoms with Crippen molar-refractivity contribution in [2.75, 3.05) is 13.1 Å². The highest BCUT2D eigenvalue weighted by Crippen LogP contribution is 2.24. The normalized spacial score (nSPS) is 14.4. The summed E-state index contributed by atoms with van der Waals surface area (Å²) in [6, 6.07) is 9.03. The highest BCUT2D eigenvalue weighted by atomic mass is 32.2. The Kier molecular flexibility index (Phi) is 8.17. The molecule has 0 atom stereocenters. The van der Waals surface area contributed by atoms with Crippen LogP contribution in [0.5, 0.6) is 0 Å². The van der Waals surface area contributed by atoms with Crippen LogP contribution in [0.1, 0.15) is 54.9 Å². The van der Waals surface area contributed by atoms with Crippen LogP contribution in [0.4, 0.5) is 0 Å². The van der Waals surface area contributed by atoms with E-state index in [1.54, 1.807) is 40.1 Å². The Hall–Kier alpha value is -3.20. The van der Waals surface area contributed by atoms with Gasteiger partial charge in [-0.05, 0) is 55.2 Å². The molecule has 1 saturated heterocycles. The molecule has 2 amide bonds. The fourth-order valence-electron chi connectivity index (χ4n) is 4.34. The van der Waals surface area contributed by atoms with Crippen LogP contribution in [0.15, 0.2) is 52.7 Å². The van der Waals surface area contributed by atoms with E-state index in [9.17, 15) is 14.4 Å². The molecule has 2 aromatic heterocycles. The molecule has 184 valence electrons. The van der Waals surface area contributed by atoms with Crippen LogP contribution in [0.25, 0.3) is 10.9 Å². The lowest BCUT2D eigenvalue weighted by Crippen LogP contribution is -2.41. The minimum Gasteiger partial charge on any atom is -0.369 e. The van der Waals surface area contributed by atoms with Gasteiger partial charge in [-0.15, -0.1) is 0 Å². The Morgan fingerprint density at radius 3 is 2.54 bits per heavy atom. The number of likely N-dealkylation sites (tertiary alicyclic amines) is 1. The van der Waals surface area contributed by atoms with Gasteiger partial charge in [0.15, 0.2) is 5.16 Å². The second-order valence-electron chi connectivity index (χ2n) is 8.90. The maximum absolute atomic E-state index is 13.4. The number of nitrogens with zero attached hydrogens (tertiary/aromatic N) is 4. The van der Waals surface area contributed by atoms with Crippen molar-refractivity contribution in [3.63, 3.8) is 0 Å². The number of piperidine rings is 1. The lowest BCUT2D eigenvalue weighted by Gasteiger charge is -2.30. The summed E-state index contributed by atoms with van der Waals surface area (Å²) in [5, 5.41) is 1.17. The number of hydrogen-bond acceptors (Lipinski definition) is 6. The van der Waals surface area contributed by atoms with E-state index in [1.165, 1.54) is 11.8 Å². The first-order chi connectivity index (χ1) is 17.0. The van der Waals surface area contributed by atoms with E-state index in [0.717, 1.165) is 24.8 Å². The third-order valence-corrected chi connectivity index (χ3v) is 7.50. The molecule has 0 spiro atoms. The second-order valence-corrected chi connectivity index (χ2v) is 9.85. The molecule has 0 bridgehead atoms. The fourth-order valence-corrected chi connectivity index (χ4v) is 5.32. The van der Waals surface area contributed by atoms with Crippen molar-refractivity contribution in [3.05, 3.63) is 64.2 Å². The molecule has 1 aliphatic heterocycles. The molecule has 0 aliphatic carbocycles. The van der Waals surface area contributed by atoms with E-state index in [-0.39, 0.29) is 23.3 Å². The van der Waals surface area contributed by atoms with E-state index in [2.05, 4.69) is 11.9 Å². The van der Waals surface area contributed by atoms with Crippen molar-refractivity contribution in [3.8, 4) is 0 Å². The Morgan fingerprint density at radius 2 is 1.86 bits per heavy atom. The Labute approximate surface area is 208 Å². The van der Waals surface area contributed by atoms with Crippen LogP contribution >= 0.6 is 11.8 Å². The average Bonchev–Trinajstić information content (AvgIpc) is 2.89. The van der Waals surface area contributed by atoms with Crippen molar-refractivity contribution >= 4 is 34.5 Å². The SMILES string of the molecule is CCCCCn1c(SCc2ccncc2)nc2cc(C(=O)N3CCC(C(N)=O)CC3)ccc2c1=O. The Morgan fingerprint density at radius 1 is 1.11 bits per heavy atom. The van der Waals surface area contributed by atoms with Crippen LogP contribution in [-0.4, -0.2) is 44.3 Å². The Bertz CT molecular complexity index is 1250. The average molecular weight is 494 g/mol. The van der Waals surface area contributed by atoms with Gasteiger partial charge in [0.1, 0.15) is 0 Å². The van der Waals surface area contributed by atoms with E-state index in [4.69, 9.17) is 10.7 Å². The van der Waals surface area contributed by atoms with Gasteiger partial charge in [-0.2, -0.15) is 0 Å². The van der Waals surface area contributed by atoms with Crippen molar-refractivity contribution in [1.82, 2.24) is 19.4 Å². The number of hydrogen-bond donors (Lipinski definition) is 1. The number of carbonyl (C=O) groups excluding carboxylic acids is 2. The minimum atomic E-state index is -0.306. The molecule has 0 radical (unpaired) electrons. The maximum Gasteiger partial charge on any atom is 0.262 e. The third-order valence-electron chi connectivity index (χ3n) is 6.45. The first-order valence-corrected chi connectivity index (χ1v) is 13.1. The molecule has 8 nitrogen and oxygen atoms in total. The van der Waals surface area contributed by atoms with Gasteiger partial charge in [0.2, 0.25) is 5.91 Å². The van der Waals surface area contributed by atoms with Crippen LogP contribution in [0, 0.1) is 5.92 Å². The summed E-state index contributed by atoms with van der Waals surface area (Å²) >= 11 is 1.52. The maximum atomic E-state index is 13.4. The van der Waals surface area contributed by atoms with Crippen molar-refractivity contribution in [2.45, 2.75) is 56.5 Å². The molecule has 35 heavy (non-hydrogen) atoms. The molecule has 1 fully saturated rings. The number of pyridine rings is 1. The zero-order chi connectivity index (χ0) is 24.8. The molecule has 9 heteroatoms. The van der Waals surface area contributed by atoms with E-state index in [1.807, 2.05) is 12.1 Å². The quantitative estimate of drug-likeness (QED) is 0.277. The number of unbranched alkanes of at least 4 members (excludes halogenated alkanes) is 2. The summed E-state index contributed by atoms with van der Waals surface area (Å²) in [6.07, 6.45) is 7.67. The summed E-state index contributed by atoms with van der Waals surface area (Å²) < 4.78 is 1.76. The van der Waals surface area contributed by atoms with E-state index in [0.29, 0.717) is 59.9 Å². The summed E-state index contributed by atoms with van der Waals surface area (Å²) in [4.78, 5) is 48.6. The van der Waals surface area contributed by atoms with Crippen molar-refractivity contribution < 1.29 is 9.59 Å². The number of amides is 2. The van der Waals surface area contributed by atoms with E-state index >= 15 is 0 Å². The number of benzene rings is 1. The largest absolute Gasteiger partial charge is 0.369 e. The molecule has 2 N–H and O–H groups in total. The zero-order valence-corrected chi connectivity index (χ0v) is 20.8. The Balaban J connectivity index is 1.62. The van der Waals surface area contributed by atoms with Crippen LogP contribution < -0.4 is 11.3 Å².